The minimum Gasteiger partial charge on any atom is -0.462 e. The van der Waals surface area contributed by atoms with E-state index in [9.17, 15) is 4.79 Å². The van der Waals surface area contributed by atoms with Crippen molar-refractivity contribution >= 4 is 11.8 Å². The fourth-order valence-corrected chi connectivity index (χ4v) is 1.96. The molecule has 0 spiro atoms. The zero-order valence-corrected chi connectivity index (χ0v) is 11.3. The maximum Gasteiger partial charge on any atom is 0.343 e. The summed E-state index contributed by atoms with van der Waals surface area (Å²) in [6.45, 7) is 6.07. The van der Waals surface area contributed by atoms with Crippen LogP contribution in [0.4, 0.5) is 5.82 Å². The van der Waals surface area contributed by atoms with Gasteiger partial charge in [0, 0.05) is 0 Å². The lowest BCUT2D eigenvalue weighted by atomic mass is 10.1. The number of ether oxygens (including phenoxy) is 1. The van der Waals surface area contributed by atoms with Crippen LogP contribution in [0.5, 0.6) is 0 Å². The van der Waals surface area contributed by atoms with Crippen LogP contribution in [0.2, 0.25) is 0 Å². The van der Waals surface area contributed by atoms with Crippen LogP contribution in [0.3, 0.4) is 0 Å². The van der Waals surface area contributed by atoms with E-state index in [1.54, 1.807) is 11.6 Å². The molecule has 0 aliphatic rings. The molecule has 19 heavy (non-hydrogen) atoms. The van der Waals surface area contributed by atoms with E-state index < -0.39 is 5.97 Å². The highest BCUT2D eigenvalue weighted by Crippen LogP contribution is 2.21. The van der Waals surface area contributed by atoms with E-state index in [4.69, 9.17) is 10.5 Å². The highest BCUT2D eigenvalue weighted by Gasteiger charge is 2.17. The molecule has 0 amide bonds. The van der Waals surface area contributed by atoms with Gasteiger partial charge >= 0.3 is 5.97 Å². The summed E-state index contributed by atoms with van der Waals surface area (Å²) in [5, 5.41) is 4.17. The minimum absolute atomic E-state index is 0.293. The number of hydrogen-bond acceptors (Lipinski definition) is 4. The molecule has 5 nitrogen and oxygen atoms in total. The Kier molecular flexibility index (Phi) is 3.55. The summed E-state index contributed by atoms with van der Waals surface area (Å²) < 4.78 is 6.49. The molecular formula is C14H17N3O2. The van der Waals surface area contributed by atoms with Crippen LogP contribution in [0.15, 0.2) is 24.4 Å². The van der Waals surface area contributed by atoms with Crippen molar-refractivity contribution in [1.82, 2.24) is 9.78 Å². The summed E-state index contributed by atoms with van der Waals surface area (Å²) in [6.07, 6.45) is 1.44. The topological polar surface area (TPSA) is 70.1 Å². The number of aromatic nitrogens is 2. The predicted molar refractivity (Wildman–Crippen MR) is 73.4 cm³/mol. The number of aryl methyl sites for hydroxylation is 2. The van der Waals surface area contributed by atoms with Gasteiger partial charge in [0.05, 0.1) is 18.5 Å². The SMILES string of the molecule is CCOC(=O)c1cnn(-c2ccc(C)cc2C)c1N. The van der Waals surface area contributed by atoms with E-state index >= 15 is 0 Å². The van der Waals surface area contributed by atoms with E-state index in [-0.39, 0.29) is 0 Å². The molecule has 0 atom stereocenters. The third-order valence-corrected chi connectivity index (χ3v) is 2.88. The lowest BCUT2D eigenvalue weighted by Gasteiger charge is -2.09. The summed E-state index contributed by atoms with van der Waals surface area (Å²) in [7, 11) is 0. The molecule has 5 heteroatoms. The van der Waals surface area contributed by atoms with Gasteiger partial charge in [0.2, 0.25) is 0 Å². The Morgan fingerprint density at radius 2 is 2.16 bits per heavy atom. The zero-order chi connectivity index (χ0) is 14.0. The highest BCUT2D eigenvalue weighted by atomic mass is 16.5. The number of nitrogen functional groups attached to an aromatic ring is 1. The van der Waals surface area contributed by atoms with Crippen molar-refractivity contribution in [2.24, 2.45) is 0 Å². The molecule has 0 bridgehead atoms. The van der Waals surface area contributed by atoms with Gasteiger partial charge in [0.15, 0.2) is 0 Å². The molecule has 1 aromatic heterocycles. The lowest BCUT2D eigenvalue weighted by Crippen LogP contribution is -2.09. The summed E-state index contributed by atoms with van der Waals surface area (Å²) in [6, 6.07) is 5.96. The van der Waals surface area contributed by atoms with Gasteiger partial charge < -0.3 is 10.5 Å². The smallest absolute Gasteiger partial charge is 0.343 e. The number of esters is 1. The van der Waals surface area contributed by atoms with Crippen LogP contribution < -0.4 is 5.73 Å². The Balaban J connectivity index is 2.44. The first-order valence-corrected chi connectivity index (χ1v) is 6.12. The standard InChI is InChI=1S/C14H17N3O2/c1-4-19-14(18)11-8-16-17(13(11)15)12-6-5-9(2)7-10(12)3/h5-8H,4,15H2,1-3H3. The maximum absolute atomic E-state index is 11.7. The quantitative estimate of drug-likeness (QED) is 0.858. The largest absolute Gasteiger partial charge is 0.462 e. The highest BCUT2D eigenvalue weighted by molar-refractivity contribution is 5.94. The van der Waals surface area contributed by atoms with Gasteiger partial charge in [-0.05, 0) is 32.4 Å². The van der Waals surface area contributed by atoms with E-state index in [2.05, 4.69) is 5.10 Å². The number of carbonyl (C=O) groups excluding carboxylic acids is 1. The van der Waals surface area contributed by atoms with Crippen LogP contribution in [0.1, 0.15) is 28.4 Å². The molecule has 2 rings (SSSR count). The zero-order valence-electron chi connectivity index (χ0n) is 11.3. The molecule has 1 aromatic carbocycles. The van der Waals surface area contributed by atoms with Crippen LogP contribution >= 0.6 is 0 Å². The summed E-state index contributed by atoms with van der Waals surface area (Å²) >= 11 is 0. The summed E-state index contributed by atoms with van der Waals surface area (Å²) in [4.78, 5) is 11.7. The maximum atomic E-state index is 11.7. The molecule has 0 unspecified atom stereocenters. The number of nitrogens with two attached hydrogens (primary N) is 1. The number of anilines is 1. The number of carbonyl (C=O) groups is 1. The van der Waals surface area contributed by atoms with Crippen LogP contribution in [0, 0.1) is 13.8 Å². The van der Waals surface area contributed by atoms with Gasteiger partial charge in [0.1, 0.15) is 11.4 Å². The third-order valence-electron chi connectivity index (χ3n) is 2.88. The van der Waals surface area contributed by atoms with Crippen molar-refractivity contribution in [2.75, 3.05) is 12.3 Å². The second-order valence-corrected chi connectivity index (χ2v) is 4.37. The average molecular weight is 259 g/mol. The molecule has 0 saturated carbocycles. The van der Waals surface area contributed by atoms with E-state index in [1.165, 1.54) is 6.20 Å². The number of benzene rings is 1. The average Bonchev–Trinajstić information content (AvgIpc) is 2.72. The Bertz CT molecular complexity index is 617. The number of rotatable bonds is 3. The van der Waals surface area contributed by atoms with Crippen LogP contribution in [0.25, 0.3) is 5.69 Å². The van der Waals surface area contributed by atoms with Crippen molar-refractivity contribution in [1.29, 1.82) is 0 Å². The van der Waals surface area contributed by atoms with Gasteiger partial charge in [-0.2, -0.15) is 5.10 Å². The molecule has 100 valence electrons. The summed E-state index contributed by atoms with van der Waals surface area (Å²) in [5.74, 6) is -0.151. The first-order chi connectivity index (χ1) is 9.04. The Labute approximate surface area is 112 Å². The fourth-order valence-electron chi connectivity index (χ4n) is 1.96. The molecule has 0 aliphatic heterocycles. The van der Waals surface area contributed by atoms with E-state index in [0.717, 1.165) is 16.8 Å². The van der Waals surface area contributed by atoms with Crippen LogP contribution in [-0.2, 0) is 4.74 Å². The number of hydrogen-bond donors (Lipinski definition) is 1. The monoisotopic (exact) mass is 259 g/mol. The first kappa shape index (κ1) is 13.1. The van der Waals surface area contributed by atoms with Gasteiger partial charge in [0.25, 0.3) is 0 Å². The molecule has 2 N–H and O–H groups in total. The molecule has 1 heterocycles. The van der Waals surface area contributed by atoms with Crippen LogP contribution in [-0.4, -0.2) is 22.4 Å². The first-order valence-electron chi connectivity index (χ1n) is 6.12. The van der Waals surface area contributed by atoms with Crippen molar-refractivity contribution in [3.63, 3.8) is 0 Å². The Morgan fingerprint density at radius 3 is 2.79 bits per heavy atom. The van der Waals surface area contributed by atoms with Gasteiger partial charge in [-0.15, -0.1) is 0 Å². The van der Waals surface area contributed by atoms with E-state index in [1.807, 2.05) is 32.0 Å². The van der Waals surface area contributed by atoms with Crippen molar-refractivity contribution < 1.29 is 9.53 Å². The second-order valence-electron chi connectivity index (χ2n) is 4.37. The Morgan fingerprint density at radius 1 is 1.42 bits per heavy atom. The fraction of sp³-hybridized carbons (Fsp3) is 0.286. The van der Waals surface area contributed by atoms with Crippen molar-refractivity contribution in [3.8, 4) is 5.69 Å². The molecule has 0 fully saturated rings. The second kappa shape index (κ2) is 5.14. The van der Waals surface area contributed by atoms with Gasteiger partial charge in [-0.1, -0.05) is 17.7 Å². The molecule has 2 aromatic rings. The predicted octanol–water partition coefficient (Wildman–Crippen LogP) is 2.25. The van der Waals surface area contributed by atoms with Gasteiger partial charge in [-0.25, -0.2) is 9.48 Å². The molecule has 0 radical (unpaired) electrons. The van der Waals surface area contributed by atoms with E-state index in [0.29, 0.717) is 18.0 Å². The molecule has 0 aliphatic carbocycles. The van der Waals surface area contributed by atoms with Gasteiger partial charge in [-0.3, -0.25) is 0 Å². The minimum atomic E-state index is -0.448. The normalized spacial score (nSPS) is 10.5. The van der Waals surface area contributed by atoms with Crippen molar-refractivity contribution in [3.05, 3.63) is 41.1 Å². The molecule has 0 saturated heterocycles. The third kappa shape index (κ3) is 2.45. The lowest BCUT2D eigenvalue weighted by molar-refractivity contribution is 0.0527. The van der Waals surface area contributed by atoms with Crippen molar-refractivity contribution in [2.45, 2.75) is 20.8 Å². The summed E-state index contributed by atoms with van der Waals surface area (Å²) in [5.41, 5.74) is 9.34. The molecular weight excluding hydrogens is 242 g/mol. The Hall–Kier alpha value is -2.30. The number of nitrogens with zero attached hydrogens (tertiary/aromatic N) is 2.